The van der Waals surface area contributed by atoms with Crippen molar-refractivity contribution in [3.63, 3.8) is 0 Å². The number of carbonyl (C=O) groups is 1. The van der Waals surface area contributed by atoms with E-state index in [2.05, 4.69) is 9.47 Å². The number of halogens is 4. The molecule has 0 N–H and O–H groups in total. The molecule has 0 saturated heterocycles. The summed E-state index contributed by atoms with van der Waals surface area (Å²) >= 11 is 0. The van der Waals surface area contributed by atoms with Crippen LogP contribution in [-0.4, -0.2) is 26.3 Å². The number of carbonyl (C=O) groups excluding carboxylic acids is 1. The number of alkyl halides is 4. The second-order valence-electron chi connectivity index (χ2n) is 5.19. The number of hydrogen-bond acceptors (Lipinski definition) is 6. The zero-order valence-corrected chi connectivity index (χ0v) is 14.8. The van der Waals surface area contributed by atoms with E-state index in [1.54, 1.807) is 0 Å². The zero-order valence-electron chi connectivity index (χ0n) is 14.8. The van der Waals surface area contributed by atoms with Crippen molar-refractivity contribution in [2.24, 2.45) is 0 Å². The average molecular weight is 411 g/mol. The van der Waals surface area contributed by atoms with Gasteiger partial charge in [-0.3, -0.25) is 0 Å². The first-order valence-corrected chi connectivity index (χ1v) is 7.84. The number of rotatable bonds is 8. The first kappa shape index (κ1) is 21.6. The van der Waals surface area contributed by atoms with Crippen LogP contribution in [0.1, 0.15) is 11.1 Å². The third-order valence-corrected chi connectivity index (χ3v) is 3.33. The summed E-state index contributed by atoms with van der Waals surface area (Å²) in [5.41, 5.74) is 0.285. The third kappa shape index (κ3) is 6.42. The van der Waals surface area contributed by atoms with Crippen LogP contribution in [0.3, 0.4) is 0 Å². The maximum Gasteiger partial charge on any atom is 0.387 e. The molecule has 0 atom stereocenters. The third-order valence-electron chi connectivity index (χ3n) is 3.33. The standard InChI is InChI=1S/C19H13F4NO5/c1-26-16-8-11(10-24)2-6-14(16)28-17(25)7-4-12-3-5-13(27-18(20)21)9-15(12)29-19(22)23/h2-9,18-19H,1H3/b7-4+. The molecule has 0 aliphatic carbocycles. The second kappa shape index (κ2) is 9.98. The van der Waals surface area contributed by atoms with Gasteiger partial charge in [0.05, 0.1) is 18.7 Å². The van der Waals surface area contributed by atoms with E-state index in [0.717, 1.165) is 30.4 Å². The van der Waals surface area contributed by atoms with Gasteiger partial charge in [-0.1, -0.05) is 0 Å². The summed E-state index contributed by atoms with van der Waals surface area (Å²) in [6.45, 7) is -6.37. The minimum atomic E-state index is -3.22. The van der Waals surface area contributed by atoms with E-state index in [4.69, 9.17) is 14.7 Å². The fraction of sp³-hybridized carbons (Fsp3) is 0.158. The van der Waals surface area contributed by atoms with Gasteiger partial charge in [-0.15, -0.1) is 0 Å². The molecule has 0 aromatic heterocycles. The van der Waals surface area contributed by atoms with Crippen LogP contribution in [0.25, 0.3) is 6.08 Å². The molecule has 0 amide bonds. The molecule has 2 aromatic rings. The minimum absolute atomic E-state index is 0.00402. The Balaban J connectivity index is 2.19. The van der Waals surface area contributed by atoms with Crippen molar-refractivity contribution in [1.29, 1.82) is 5.26 Å². The van der Waals surface area contributed by atoms with Crippen molar-refractivity contribution in [3.8, 4) is 29.1 Å². The molecule has 0 spiro atoms. The van der Waals surface area contributed by atoms with Crippen molar-refractivity contribution in [3.05, 3.63) is 53.6 Å². The Hall–Kier alpha value is -3.74. The maximum absolute atomic E-state index is 12.6. The summed E-state index contributed by atoms with van der Waals surface area (Å²) in [5, 5.41) is 8.86. The quantitative estimate of drug-likeness (QED) is 0.278. The van der Waals surface area contributed by atoms with Crippen LogP contribution in [0.4, 0.5) is 17.6 Å². The molecule has 0 fully saturated rings. The first-order chi connectivity index (χ1) is 13.8. The van der Waals surface area contributed by atoms with Crippen molar-refractivity contribution < 1.29 is 41.3 Å². The van der Waals surface area contributed by atoms with Crippen LogP contribution in [0.5, 0.6) is 23.0 Å². The smallest absolute Gasteiger partial charge is 0.387 e. The van der Waals surface area contributed by atoms with E-state index in [1.807, 2.05) is 6.07 Å². The maximum atomic E-state index is 12.6. The topological polar surface area (TPSA) is 77.8 Å². The highest BCUT2D eigenvalue weighted by Crippen LogP contribution is 2.30. The van der Waals surface area contributed by atoms with Gasteiger partial charge in [-0.2, -0.15) is 22.8 Å². The Morgan fingerprint density at radius 3 is 2.34 bits per heavy atom. The van der Waals surface area contributed by atoms with Gasteiger partial charge in [0.1, 0.15) is 11.5 Å². The molecule has 152 valence electrons. The molecular weight excluding hydrogens is 398 g/mol. The van der Waals surface area contributed by atoms with Crippen LogP contribution < -0.4 is 18.9 Å². The number of methoxy groups -OCH3 is 1. The Morgan fingerprint density at radius 1 is 1.00 bits per heavy atom. The largest absolute Gasteiger partial charge is 0.493 e. The number of benzene rings is 2. The Kier molecular flexibility index (Phi) is 7.42. The SMILES string of the molecule is COc1cc(C#N)ccc1OC(=O)/C=C/c1ccc(OC(F)F)cc1OC(F)F. The Labute approximate surface area is 162 Å². The van der Waals surface area contributed by atoms with Gasteiger partial charge < -0.3 is 18.9 Å². The minimum Gasteiger partial charge on any atom is -0.493 e. The molecule has 29 heavy (non-hydrogen) atoms. The predicted molar refractivity (Wildman–Crippen MR) is 92.1 cm³/mol. The van der Waals surface area contributed by atoms with E-state index in [1.165, 1.54) is 25.3 Å². The van der Waals surface area contributed by atoms with Gasteiger partial charge >= 0.3 is 19.2 Å². The Morgan fingerprint density at radius 2 is 1.72 bits per heavy atom. The zero-order chi connectivity index (χ0) is 21.4. The summed E-state index contributed by atoms with van der Waals surface area (Å²) in [6, 6.07) is 9.11. The van der Waals surface area contributed by atoms with Crippen molar-refractivity contribution in [1.82, 2.24) is 0 Å². The second-order valence-corrected chi connectivity index (χ2v) is 5.19. The normalized spacial score (nSPS) is 10.8. The van der Waals surface area contributed by atoms with Crippen LogP contribution in [0.15, 0.2) is 42.5 Å². The molecule has 0 heterocycles. The molecule has 0 aliphatic rings. The average Bonchev–Trinajstić information content (AvgIpc) is 2.66. The monoisotopic (exact) mass is 411 g/mol. The van der Waals surface area contributed by atoms with E-state index >= 15 is 0 Å². The van der Waals surface area contributed by atoms with Gasteiger partial charge in [-0.25, -0.2) is 4.79 Å². The number of hydrogen-bond donors (Lipinski definition) is 0. The number of esters is 1. The lowest BCUT2D eigenvalue weighted by molar-refractivity contribution is -0.129. The van der Waals surface area contributed by atoms with Gasteiger partial charge in [0.2, 0.25) is 0 Å². The summed E-state index contributed by atoms with van der Waals surface area (Å²) in [5.74, 6) is -1.58. The van der Waals surface area contributed by atoms with Gasteiger partial charge in [0.15, 0.2) is 11.5 Å². The van der Waals surface area contributed by atoms with E-state index in [9.17, 15) is 22.4 Å². The lowest BCUT2D eigenvalue weighted by atomic mass is 10.1. The van der Waals surface area contributed by atoms with Gasteiger partial charge in [0, 0.05) is 23.8 Å². The molecule has 2 rings (SSSR count). The van der Waals surface area contributed by atoms with Crippen molar-refractivity contribution >= 4 is 12.0 Å². The van der Waals surface area contributed by atoms with E-state index < -0.39 is 30.7 Å². The van der Waals surface area contributed by atoms with Crippen LogP contribution in [0.2, 0.25) is 0 Å². The fourth-order valence-corrected chi connectivity index (χ4v) is 2.15. The highest BCUT2D eigenvalue weighted by Gasteiger charge is 2.13. The molecule has 6 nitrogen and oxygen atoms in total. The molecule has 0 unspecified atom stereocenters. The van der Waals surface area contributed by atoms with E-state index in [-0.39, 0.29) is 22.6 Å². The molecule has 0 aliphatic heterocycles. The summed E-state index contributed by atoms with van der Waals surface area (Å²) in [6.07, 6.45) is 2.02. The molecule has 0 bridgehead atoms. The Bertz CT molecular complexity index is 941. The highest BCUT2D eigenvalue weighted by atomic mass is 19.3. The van der Waals surface area contributed by atoms with E-state index in [0.29, 0.717) is 0 Å². The molecule has 0 saturated carbocycles. The van der Waals surface area contributed by atoms with Gasteiger partial charge in [-0.05, 0) is 30.3 Å². The summed E-state index contributed by atoms with van der Waals surface area (Å²) in [7, 11) is 1.32. The first-order valence-electron chi connectivity index (χ1n) is 7.84. The lowest BCUT2D eigenvalue weighted by Gasteiger charge is -2.11. The van der Waals surface area contributed by atoms with Crippen molar-refractivity contribution in [2.45, 2.75) is 13.2 Å². The van der Waals surface area contributed by atoms with Crippen LogP contribution >= 0.6 is 0 Å². The molecular formula is C19H13F4NO5. The molecule has 2 aromatic carbocycles. The van der Waals surface area contributed by atoms with Crippen molar-refractivity contribution in [2.75, 3.05) is 7.11 Å². The number of nitrogens with zero attached hydrogens (tertiary/aromatic N) is 1. The summed E-state index contributed by atoms with van der Waals surface area (Å²) < 4.78 is 68.2. The molecule has 10 heteroatoms. The van der Waals surface area contributed by atoms with Gasteiger partial charge in [0.25, 0.3) is 0 Å². The summed E-state index contributed by atoms with van der Waals surface area (Å²) in [4.78, 5) is 12.0. The number of ether oxygens (including phenoxy) is 4. The predicted octanol–water partition coefficient (Wildman–Crippen LogP) is 4.39. The van der Waals surface area contributed by atoms with Crippen LogP contribution in [0, 0.1) is 11.3 Å². The number of nitriles is 1. The lowest BCUT2D eigenvalue weighted by Crippen LogP contribution is -2.07. The van der Waals surface area contributed by atoms with Crippen LogP contribution in [-0.2, 0) is 4.79 Å². The highest BCUT2D eigenvalue weighted by molar-refractivity contribution is 5.89. The fourth-order valence-electron chi connectivity index (χ4n) is 2.15. The molecule has 0 radical (unpaired) electrons.